The molecule has 1 aliphatic heterocycles. The van der Waals surface area contributed by atoms with Crippen molar-refractivity contribution in [1.82, 2.24) is 14.8 Å². The molecule has 1 saturated heterocycles. The van der Waals surface area contributed by atoms with Crippen molar-refractivity contribution in [2.75, 3.05) is 33.8 Å². The van der Waals surface area contributed by atoms with Crippen molar-refractivity contribution in [3.63, 3.8) is 0 Å². The Labute approximate surface area is 137 Å². The molecule has 5 heteroatoms. The molecule has 3 rings (SSSR count). The van der Waals surface area contributed by atoms with E-state index in [4.69, 9.17) is 4.74 Å². The van der Waals surface area contributed by atoms with Crippen molar-refractivity contribution >= 4 is 16.8 Å². The van der Waals surface area contributed by atoms with Gasteiger partial charge in [0.2, 0.25) is 0 Å². The number of rotatable bonds is 4. The number of nitrogens with one attached hydrogen (secondary N) is 1. The fourth-order valence-corrected chi connectivity index (χ4v) is 3.44. The van der Waals surface area contributed by atoms with Crippen molar-refractivity contribution < 1.29 is 9.53 Å². The van der Waals surface area contributed by atoms with Gasteiger partial charge in [-0.05, 0) is 45.1 Å². The molecule has 0 saturated carbocycles. The minimum Gasteiger partial charge on any atom is -0.494 e. The van der Waals surface area contributed by atoms with E-state index in [1.165, 1.54) is 0 Å². The third kappa shape index (κ3) is 3.06. The number of aromatic amines is 1. The average Bonchev–Trinajstić information content (AvgIpc) is 3.10. The Balaban J connectivity index is 1.81. The Morgan fingerprint density at radius 3 is 2.78 bits per heavy atom. The first-order chi connectivity index (χ1) is 11.0. The van der Waals surface area contributed by atoms with E-state index < -0.39 is 0 Å². The first-order valence-corrected chi connectivity index (χ1v) is 8.21. The molecule has 5 nitrogen and oxygen atoms in total. The molecule has 2 atom stereocenters. The maximum absolute atomic E-state index is 12.8. The largest absolute Gasteiger partial charge is 0.494 e. The second kappa shape index (κ2) is 6.24. The van der Waals surface area contributed by atoms with Crippen LogP contribution in [0.1, 0.15) is 24.3 Å². The maximum atomic E-state index is 12.8. The van der Waals surface area contributed by atoms with Gasteiger partial charge in [-0.1, -0.05) is 6.92 Å². The minimum absolute atomic E-state index is 0.0790. The Morgan fingerprint density at radius 2 is 2.13 bits per heavy atom. The van der Waals surface area contributed by atoms with Crippen LogP contribution in [0.3, 0.4) is 0 Å². The number of hydrogen-bond acceptors (Lipinski definition) is 3. The van der Waals surface area contributed by atoms with Crippen molar-refractivity contribution in [3.8, 4) is 5.75 Å². The van der Waals surface area contributed by atoms with Crippen molar-refractivity contribution in [2.45, 2.75) is 19.9 Å². The first-order valence-electron chi connectivity index (χ1n) is 8.21. The maximum Gasteiger partial charge on any atom is 0.270 e. The van der Waals surface area contributed by atoms with Crippen LogP contribution in [0.15, 0.2) is 24.3 Å². The van der Waals surface area contributed by atoms with Crippen molar-refractivity contribution in [2.24, 2.45) is 5.92 Å². The van der Waals surface area contributed by atoms with E-state index in [9.17, 15) is 4.79 Å². The lowest BCUT2D eigenvalue weighted by Gasteiger charge is -2.22. The normalized spacial score (nSPS) is 21.3. The summed E-state index contributed by atoms with van der Waals surface area (Å²) in [4.78, 5) is 20.2. The lowest BCUT2D eigenvalue weighted by molar-refractivity contribution is 0.0776. The first kappa shape index (κ1) is 15.9. The van der Waals surface area contributed by atoms with Gasteiger partial charge in [-0.15, -0.1) is 0 Å². The number of H-pyrrole nitrogens is 1. The smallest absolute Gasteiger partial charge is 0.270 e. The number of likely N-dealkylation sites (tertiary alicyclic amines) is 1. The van der Waals surface area contributed by atoms with Gasteiger partial charge < -0.3 is 19.5 Å². The van der Waals surface area contributed by atoms with Gasteiger partial charge in [-0.2, -0.15) is 0 Å². The Kier molecular flexibility index (Phi) is 4.31. The molecule has 1 fully saturated rings. The molecule has 0 bridgehead atoms. The zero-order valence-electron chi connectivity index (χ0n) is 14.3. The summed E-state index contributed by atoms with van der Waals surface area (Å²) in [5, 5.41) is 1.04. The van der Waals surface area contributed by atoms with Crippen LogP contribution in [0, 0.1) is 5.92 Å². The van der Waals surface area contributed by atoms with Gasteiger partial charge in [-0.25, -0.2) is 0 Å². The molecule has 0 spiro atoms. The summed E-state index contributed by atoms with van der Waals surface area (Å²) < 4.78 is 5.52. The van der Waals surface area contributed by atoms with Gasteiger partial charge in [-0.3, -0.25) is 4.79 Å². The molecule has 1 aromatic carbocycles. The predicted molar refractivity (Wildman–Crippen MR) is 92.0 cm³/mol. The van der Waals surface area contributed by atoms with Crippen LogP contribution < -0.4 is 4.74 Å². The van der Waals surface area contributed by atoms with Gasteiger partial charge in [0.25, 0.3) is 5.91 Å². The van der Waals surface area contributed by atoms with Crippen molar-refractivity contribution in [1.29, 1.82) is 0 Å². The van der Waals surface area contributed by atoms with Crippen LogP contribution in [0.4, 0.5) is 0 Å². The number of carbonyl (C=O) groups is 1. The highest BCUT2D eigenvalue weighted by atomic mass is 16.5. The molecule has 2 unspecified atom stereocenters. The number of carbonyl (C=O) groups excluding carboxylic acids is 1. The molecule has 1 aromatic heterocycles. The number of benzene rings is 1. The van der Waals surface area contributed by atoms with Gasteiger partial charge in [0.05, 0.1) is 6.61 Å². The number of fused-ring (bicyclic) bond motifs is 1. The van der Waals surface area contributed by atoms with Crippen LogP contribution in [-0.4, -0.2) is 60.5 Å². The summed E-state index contributed by atoms with van der Waals surface area (Å²) in [6, 6.07) is 8.23. The molecule has 1 aliphatic rings. The highest BCUT2D eigenvalue weighted by molar-refractivity contribution is 5.98. The Bertz CT molecular complexity index is 707. The van der Waals surface area contributed by atoms with Gasteiger partial charge in [0.1, 0.15) is 11.4 Å². The molecule has 1 N–H and O–H groups in total. The van der Waals surface area contributed by atoms with Crippen molar-refractivity contribution in [3.05, 3.63) is 30.0 Å². The summed E-state index contributed by atoms with van der Waals surface area (Å²) in [6.07, 6.45) is 0. The number of aromatic nitrogens is 1. The molecule has 23 heavy (non-hydrogen) atoms. The summed E-state index contributed by atoms with van der Waals surface area (Å²) in [6.45, 7) is 6.39. The Morgan fingerprint density at radius 1 is 1.35 bits per heavy atom. The monoisotopic (exact) mass is 315 g/mol. The molecular formula is C18H25N3O2. The van der Waals surface area contributed by atoms with Crippen LogP contribution >= 0.6 is 0 Å². The molecule has 2 heterocycles. The highest BCUT2D eigenvalue weighted by Crippen LogP contribution is 2.25. The molecule has 1 amide bonds. The SMILES string of the molecule is CCOc1ccc2cc(C(=O)N3CC(C)C(N(C)C)C3)[nH]c2c1. The molecular weight excluding hydrogens is 290 g/mol. The summed E-state index contributed by atoms with van der Waals surface area (Å²) in [5.41, 5.74) is 1.59. The summed E-state index contributed by atoms with van der Waals surface area (Å²) in [7, 11) is 4.15. The molecule has 0 radical (unpaired) electrons. The quantitative estimate of drug-likeness (QED) is 0.943. The van der Waals surface area contributed by atoms with E-state index in [0.717, 1.165) is 29.7 Å². The highest BCUT2D eigenvalue weighted by Gasteiger charge is 2.34. The molecule has 2 aromatic rings. The second-order valence-electron chi connectivity index (χ2n) is 6.58. The van der Waals surface area contributed by atoms with Crippen LogP contribution in [-0.2, 0) is 0 Å². The third-order valence-corrected chi connectivity index (χ3v) is 4.66. The van der Waals surface area contributed by atoms with Crippen LogP contribution in [0.25, 0.3) is 10.9 Å². The topological polar surface area (TPSA) is 48.6 Å². The number of nitrogens with zero attached hydrogens (tertiary/aromatic N) is 2. The van der Waals surface area contributed by atoms with Crippen LogP contribution in [0.2, 0.25) is 0 Å². The summed E-state index contributed by atoms with van der Waals surface area (Å²) >= 11 is 0. The van der Waals surface area contributed by atoms with Gasteiger partial charge >= 0.3 is 0 Å². The zero-order chi connectivity index (χ0) is 16.6. The summed E-state index contributed by atoms with van der Waals surface area (Å²) in [5.74, 6) is 1.39. The number of amides is 1. The zero-order valence-corrected chi connectivity index (χ0v) is 14.3. The predicted octanol–water partition coefficient (Wildman–Crippen LogP) is 2.59. The average molecular weight is 315 g/mol. The fraction of sp³-hybridized carbons (Fsp3) is 0.500. The van der Waals surface area contributed by atoms with E-state index in [0.29, 0.717) is 24.3 Å². The third-order valence-electron chi connectivity index (χ3n) is 4.66. The molecule has 0 aliphatic carbocycles. The Hall–Kier alpha value is -2.01. The van der Waals surface area contributed by atoms with E-state index in [2.05, 4.69) is 30.9 Å². The van der Waals surface area contributed by atoms with E-state index in [1.54, 1.807) is 0 Å². The second-order valence-corrected chi connectivity index (χ2v) is 6.58. The fourth-order valence-electron chi connectivity index (χ4n) is 3.44. The van der Waals surface area contributed by atoms with Gasteiger partial charge in [0.15, 0.2) is 0 Å². The number of ether oxygens (including phenoxy) is 1. The lowest BCUT2D eigenvalue weighted by Crippen LogP contribution is -2.35. The van der Waals surface area contributed by atoms with Gasteiger partial charge in [0, 0.05) is 36.1 Å². The van der Waals surface area contributed by atoms with E-state index in [-0.39, 0.29) is 5.91 Å². The van der Waals surface area contributed by atoms with E-state index >= 15 is 0 Å². The standard InChI is InChI=1S/C18H25N3O2/c1-5-23-14-7-6-13-8-16(19-15(13)9-14)18(22)21-10-12(2)17(11-21)20(3)4/h6-9,12,17,19H,5,10-11H2,1-4H3. The molecule has 124 valence electrons. The number of hydrogen-bond donors (Lipinski definition) is 1. The lowest BCUT2D eigenvalue weighted by atomic mass is 10.1. The minimum atomic E-state index is 0.0790. The van der Waals surface area contributed by atoms with Crippen LogP contribution in [0.5, 0.6) is 5.75 Å². The number of likely N-dealkylation sites (N-methyl/N-ethyl adjacent to an activating group) is 1. The van der Waals surface area contributed by atoms with E-state index in [1.807, 2.05) is 36.1 Å².